The van der Waals surface area contributed by atoms with Gasteiger partial charge in [0.2, 0.25) is 11.8 Å². The second kappa shape index (κ2) is 8.36. The standard InChI is InChI=1S/C20H19N5O3S/c1-13-10-16(24-28-13)19-23-22-17(27-19)8-9-18(26)25(2)11-15-12-29-20(21-15)14-6-4-3-5-7-14/h3-7,10,12H,8-9,11H2,1-2H3. The number of hydrogen-bond acceptors (Lipinski definition) is 8. The van der Waals surface area contributed by atoms with E-state index in [1.807, 2.05) is 35.7 Å². The predicted molar refractivity (Wildman–Crippen MR) is 107 cm³/mol. The monoisotopic (exact) mass is 409 g/mol. The fraction of sp³-hybridized carbons (Fsp3) is 0.250. The fourth-order valence-electron chi connectivity index (χ4n) is 2.75. The van der Waals surface area contributed by atoms with Crippen LogP contribution in [0, 0.1) is 6.92 Å². The topological polar surface area (TPSA) is 98.2 Å². The molecule has 0 saturated heterocycles. The molecule has 0 spiro atoms. The molecular weight excluding hydrogens is 390 g/mol. The average molecular weight is 409 g/mol. The second-order valence-corrected chi connectivity index (χ2v) is 7.44. The van der Waals surface area contributed by atoms with Gasteiger partial charge in [0.25, 0.3) is 5.89 Å². The quantitative estimate of drug-likeness (QED) is 0.458. The highest BCUT2D eigenvalue weighted by Crippen LogP contribution is 2.24. The number of aromatic nitrogens is 4. The lowest BCUT2D eigenvalue weighted by atomic mass is 10.2. The zero-order valence-corrected chi connectivity index (χ0v) is 16.8. The lowest BCUT2D eigenvalue weighted by molar-refractivity contribution is -0.130. The Morgan fingerprint density at radius 2 is 2.03 bits per heavy atom. The van der Waals surface area contributed by atoms with Crippen LogP contribution in [0.1, 0.15) is 23.8 Å². The number of amides is 1. The van der Waals surface area contributed by atoms with Crippen LogP contribution in [-0.4, -0.2) is 38.2 Å². The first-order valence-electron chi connectivity index (χ1n) is 9.08. The van der Waals surface area contributed by atoms with Gasteiger partial charge in [0, 0.05) is 36.9 Å². The molecule has 0 aliphatic heterocycles. The molecule has 0 fully saturated rings. The Hall–Kier alpha value is -3.33. The summed E-state index contributed by atoms with van der Waals surface area (Å²) in [6.07, 6.45) is 0.630. The fourth-order valence-corrected chi connectivity index (χ4v) is 3.57. The van der Waals surface area contributed by atoms with Crippen LogP contribution in [0.4, 0.5) is 0 Å². The highest BCUT2D eigenvalue weighted by molar-refractivity contribution is 7.13. The molecule has 0 atom stereocenters. The number of carbonyl (C=O) groups excluding carboxylic acids is 1. The van der Waals surface area contributed by atoms with Crippen LogP contribution in [0.3, 0.4) is 0 Å². The van der Waals surface area contributed by atoms with Gasteiger partial charge in [0.15, 0.2) is 5.69 Å². The number of rotatable bonds is 7. The van der Waals surface area contributed by atoms with Crippen molar-refractivity contribution in [3.05, 3.63) is 59.1 Å². The minimum Gasteiger partial charge on any atom is -0.419 e. The van der Waals surface area contributed by atoms with Crippen molar-refractivity contribution in [1.29, 1.82) is 0 Å². The number of hydrogen-bond donors (Lipinski definition) is 0. The van der Waals surface area contributed by atoms with Gasteiger partial charge in [-0.05, 0) is 6.92 Å². The molecule has 9 heteroatoms. The molecule has 0 bridgehead atoms. The summed E-state index contributed by atoms with van der Waals surface area (Å²) in [6, 6.07) is 11.7. The molecule has 0 aliphatic rings. The molecule has 4 rings (SSSR count). The average Bonchev–Trinajstić information content (AvgIpc) is 3.47. The van der Waals surface area contributed by atoms with Crippen molar-refractivity contribution in [2.24, 2.45) is 0 Å². The molecule has 3 aromatic heterocycles. The number of thiazole rings is 1. The summed E-state index contributed by atoms with van der Waals surface area (Å²) in [5, 5.41) is 14.7. The molecule has 1 aromatic carbocycles. The maximum Gasteiger partial charge on any atom is 0.269 e. The van der Waals surface area contributed by atoms with Crippen molar-refractivity contribution in [2.45, 2.75) is 26.3 Å². The van der Waals surface area contributed by atoms with Crippen molar-refractivity contribution in [3.63, 3.8) is 0 Å². The van der Waals surface area contributed by atoms with E-state index in [1.54, 1.807) is 36.3 Å². The molecule has 0 N–H and O–H groups in total. The van der Waals surface area contributed by atoms with Gasteiger partial charge in [-0.2, -0.15) is 0 Å². The van der Waals surface area contributed by atoms with Crippen molar-refractivity contribution >= 4 is 17.2 Å². The van der Waals surface area contributed by atoms with Crippen LogP contribution >= 0.6 is 11.3 Å². The van der Waals surface area contributed by atoms with Crippen LogP contribution in [-0.2, 0) is 17.8 Å². The van der Waals surface area contributed by atoms with Crippen molar-refractivity contribution in [2.75, 3.05) is 7.05 Å². The first-order chi connectivity index (χ1) is 14.1. The molecule has 1 amide bonds. The highest BCUT2D eigenvalue weighted by atomic mass is 32.1. The van der Waals surface area contributed by atoms with E-state index >= 15 is 0 Å². The summed E-state index contributed by atoms with van der Waals surface area (Å²) in [4.78, 5) is 18.7. The zero-order valence-electron chi connectivity index (χ0n) is 16.0. The third-order valence-electron chi connectivity index (χ3n) is 4.26. The zero-order chi connectivity index (χ0) is 20.2. The summed E-state index contributed by atoms with van der Waals surface area (Å²) in [6.45, 7) is 2.24. The number of carbonyl (C=O) groups is 1. The summed E-state index contributed by atoms with van der Waals surface area (Å²) < 4.78 is 10.6. The number of nitrogens with zero attached hydrogens (tertiary/aromatic N) is 5. The van der Waals surface area contributed by atoms with Crippen LogP contribution in [0.25, 0.3) is 22.2 Å². The highest BCUT2D eigenvalue weighted by Gasteiger charge is 2.16. The predicted octanol–water partition coefficient (Wildman–Crippen LogP) is 3.75. The third kappa shape index (κ3) is 4.57. The largest absolute Gasteiger partial charge is 0.419 e. The van der Waals surface area contributed by atoms with Crippen molar-refractivity contribution < 1.29 is 13.7 Å². The molecule has 148 valence electrons. The third-order valence-corrected chi connectivity index (χ3v) is 5.20. The Morgan fingerprint density at radius 1 is 1.21 bits per heavy atom. The Labute approximate surface area is 171 Å². The first kappa shape index (κ1) is 19.0. The molecule has 4 aromatic rings. The Bertz CT molecular complexity index is 1100. The van der Waals surface area contributed by atoms with E-state index in [2.05, 4.69) is 20.3 Å². The van der Waals surface area contributed by atoms with Gasteiger partial charge < -0.3 is 13.8 Å². The van der Waals surface area contributed by atoms with Gasteiger partial charge in [-0.1, -0.05) is 35.5 Å². The smallest absolute Gasteiger partial charge is 0.269 e. The molecule has 0 radical (unpaired) electrons. The Morgan fingerprint density at radius 3 is 2.79 bits per heavy atom. The van der Waals surface area contributed by atoms with Crippen LogP contribution in [0.5, 0.6) is 0 Å². The molecule has 3 heterocycles. The molecule has 29 heavy (non-hydrogen) atoms. The normalized spacial score (nSPS) is 11.0. The minimum absolute atomic E-state index is 0.0173. The first-order valence-corrected chi connectivity index (χ1v) is 9.96. The minimum atomic E-state index is -0.0173. The van der Waals surface area contributed by atoms with E-state index in [0.29, 0.717) is 30.3 Å². The SMILES string of the molecule is Cc1cc(-c2nnc(CCC(=O)N(C)Cc3csc(-c4ccccc4)n3)o2)no1. The number of benzene rings is 1. The van der Waals surface area contributed by atoms with Crippen molar-refractivity contribution in [1.82, 2.24) is 25.2 Å². The summed E-state index contributed by atoms with van der Waals surface area (Å²) in [7, 11) is 1.77. The molecular formula is C20H19N5O3S. The maximum atomic E-state index is 12.5. The van der Waals surface area contributed by atoms with Gasteiger partial charge in [0.1, 0.15) is 10.8 Å². The van der Waals surface area contributed by atoms with E-state index in [9.17, 15) is 4.79 Å². The van der Waals surface area contributed by atoms with Crippen LogP contribution in [0.2, 0.25) is 0 Å². The van der Waals surface area contributed by atoms with Crippen molar-refractivity contribution in [3.8, 4) is 22.2 Å². The van der Waals surface area contributed by atoms with Gasteiger partial charge in [-0.15, -0.1) is 21.5 Å². The molecule has 8 nitrogen and oxygen atoms in total. The van der Waals surface area contributed by atoms with Gasteiger partial charge in [-0.3, -0.25) is 4.79 Å². The molecule has 0 saturated carbocycles. The van der Waals surface area contributed by atoms with Gasteiger partial charge >= 0.3 is 0 Å². The van der Waals surface area contributed by atoms with E-state index in [4.69, 9.17) is 8.94 Å². The second-order valence-electron chi connectivity index (χ2n) is 6.58. The molecule has 0 aliphatic carbocycles. The van der Waals surface area contributed by atoms with E-state index in [0.717, 1.165) is 16.3 Å². The summed E-state index contributed by atoms with van der Waals surface area (Å²) >= 11 is 1.57. The summed E-state index contributed by atoms with van der Waals surface area (Å²) in [5.74, 6) is 1.32. The van der Waals surface area contributed by atoms with Gasteiger partial charge in [0.05, 0.1) is 12.2 Å². The number of aryl methyl sites for hydroxylation is 2. The van der Waals surface area contributed by atoms with E-state index in [-0.39, 0.29) is 18.2 Å². The Balaban J connectivity index is 1.31. The van der Waals surface area contributed by atoms with Gasteiger partial charge in [-0.25, -0.2) is 4.98 Å². The lowest BCUT2D eigenvalue weighted by Gasteiger charge is -2.15. The lowest BCUT2D eigenvalue weighted by Crippen LogP contribution is -2.26. The molecule has 0 unspecified atom stereocenters. The van der Waals surface area contributed by atoms with Crippen LogP contribution in [0.15, 0.2) is 50.7 Å². The van der Waals surface area contributed by atoms with E-state index in [1.165, 1.54) is 0 Å². The van der Waals surface area contributed by atoms with E-state index < -0.39 is 0 Å². The van der Waals surface area contributed by atoms with Crippen LogP contribution < -0.4 is 0 Å². The summed E-state index contributed by atoms with van der Waals surface area (Å²) in [5.41, 5.74) is 2.43. The maximum absolute atomic E-state index is 12.5. The Kier molecular flexibility index (Phi) is 5.48.